The molecular weight excluding hydrogens is 202 g/mol. The molecule has 0 aliphatic rings. The van der Waals surface area contributed by atoms with Gasteiger partial charge in [0.2, 0.25) is 0 Å². The second kappa shape index (κ2) is 4.61. The lowest BCUT2D eigenvalue weighted by Gasteiger charge is -2.13. The predicted octanol–water partition coefficient (Wildman–Crippen LogP) is 1.94. The Kier molecular flexibility index (Phi) is 3.00. The molecule has 0 fully saturated rings. The highest BCUT2D eigenvalue weighted by molar-refractivity contribution is 5.36. The molecule has 1 heterocycles. The van der Waals surface area contributed by atoms with Crippen LogP contribution in [0.4, 0.5) is 5.82 Å². The second-order valence-electron chi connectivity index (χ2n) is 3.58. The van der Waals surface area contributed by atoms with Crippen molar-refractivity contribution in [2.45, 2.75) is 13.0 Å². The first-order valence-corrected chi connectivity index (χ1v) is 5.13. The van der Waals surface area contributed by atoms with Crippen molar-refractivity contribution >= 4 is 5.82 Å². The molecule has 0 radical (unpaired) electrons. The van der Waals surface area contributed by atoms with E-state index >= 15 is 0 Å². The number of hydrogen-bond acceptors (Lipinski definition) is 3. The lowest BCUT2D eigenvalue weighted by molar-refractivity contribution is 0.856. The van der Waals surface area contributed by atoms with Crippen molar-refractivity contribution in [1.82, 2.24) is 10.2 Å². The number of rotatable bonds is 3. The summed E-state index contributed by atoms with van der Waals surface area (Å²) in [6.45, 7) is 2.04. The Labute approximate surface area is 93.3 Å². The number of aromatic amines is 1. The van der Waals surface area contributed by atoms with Gasteiger partial charge in [-0.25, -0.2) is 5.10 Å². The van der Waals surface area contributed by atoms with Crippen LogP contribution in [0.15, 0.2) is 47.3 Å². The quantitative estimate of drug-likeness (QED) is 0.822. The molecule has 0 spiro atoms. The molecule has 2 aromatic rings. The number of anilines is 1. The molecule has 4 nitrogen and oxygen atoms in total. The predicted molar refractivity (Wildman–Crippen MR) is 63.3 cm³/mol. The standard InChI is InChI=1S/C12H13N3O/c1-9(10-5-3-2-4-6-10)13-11-7-8-12(16)15-14-11/h2-9H,1H3,(H,13,14)(H,15,16)/t9-/m0/s1. The Hall–Kier alpha value is -2.10. The van der Waals surface area contributed by atoms with Crippen molar-refractivity contribution in [2.75, 3.05) is 5.32 Å². The average Bonchev–Trinajstić information content (AvgIpc) is 2.33. The van der Waals surface area contributed by atoms with Crippen LogP contribution in [0.25, 0.3) is 0 Å². The van der Waals surface area contributed by atoms with E-state index in [1.165, 1.54) is 11.6 Å². The number of aromatic nitrogens is 2. The Morgan fingerprint density at radius 3 is 2.56 bits per heavy atom. The van der Waals surface area contributed by atoms with E-state index in [0.29, 0.717) is 5.82 Å². The van der Waals surface area contributed by atoms with Crippen LogP contribution in [0, 0.1) is 0 Å². The van der Waals surface area contributed by atoms with Crippen LogP contribution < -0.4 is 10.9 Å². The third-order valence-corrected chi connectivity index (χ3v) is 2.34. The summed E-state index contributed by atoms with van der Waals surface area (Å²) in [5.74, 6) is 0.663. The molecule has 0 aliphatic carbocycles. The van der Waals surface area contributed by atoms with Crippen molar-refractivity contribution < 1.29 is 0 Å². The van der Waals surface area contributed by atoms with E-state index in [1.807, 2.05) is 37.3 Å². The molecule has 0 aliphatic heterocycles. The Morgan fingerprint density at radius 2 is 1.94 bits per heavy atom. The highest BCUT2D eigenvalue weighted by Crippen LogP contribution is 2.15. The third-order valence-electron chi connectivity index (χ3n) is 2.34. The van der Waals surface area contributed by atoms with Crippen LogP contribution in [0.2, 0.25) is 0 Å². The van der Waals surface area contributed by atoms with Gasteiger partial charge in [-0.3, -0.25) is 4.79 Å². The van der Waals surface area contributed by atoms with Crippen molar-refractivity contribution in [3.63, 3.8) is 0 Å². The molecule has 0 unspecified atom stereocenters. The first-order valence-electron chi connectivity index (χ1n) is 5.13. The van der Waals surface area contributed by atoms with E-state index in [2.05, 4.69) is 15.5 Å². The summed E-state index contributed by atoms with van der Waals surface area (Å²) in [5, 5.41) is 9.49. The first-order chi connectivity index (χ1) is 7.75. The smallest absolute Gasteiger partial charge is 0.264 e. The van der Waals surface area contributed by atoms with Gasteiger partial charge < -0.3 is 5.32 Å². The maximum atomic E-state index is 10.8. The van der Waals surface area contributed by atoms with Gasteiger partial charge >= 0.3 is 0 Å². The number of H-pyrrole nitrogens is 1. The zero-order valence-electron chi connectivity index (χ0n) is 8.97. The largest absolute Gasteiger partial charge is 0.362 e. The minimum Gasteiger partial charge on any atom is -0.362 e. The van der Waals surface area contributed by atoms with E-state index in [-0.39, 0.29) is 11.6 Å². The van der Waals surface area contributed by atoms with E-state index in [0.717, 1.165) is 0 Å². The lowest BCUT2D eigenvalue weighted by atomic mass is 10.1. The monoisotopic (exact) mass is 215 g/mol. The zero-order valence-corrected chi connectivity index (χ0v) is 8.97. The molecule has 0 amide bonds. The summed E-state index contributed by atoms with van der Waals surface area (Å²) < 4.78 is 0. The average molecular weight is 215 g/mol. The number of benzene rings is 1. The maximum Gasteiger partial charge on any atom is 0.264 e. The molecule has 0 saturated carbocycles. The second-order valence-corrected chi connectivity index (χ2v) is 3.58. The van der Waals surface area contributed by atoms with Crippen LogP contribution in [0.1, 0.15) is 18.5 Å². The van der Waals surface area contributed by atoms with Gasteiger partial charge in [0.1, 0.15) is 5.82 Å². The van der Waals surface area contributed by atoms with Crippen molar-refractivity contribution in [1.29, 1.82) is 0 Å². The fourth-order valence-corrected chi connectivity index (χ4v) is 1.47. The SMILES string of the molecule is C[C@H](Nc1ccc(=O)[nH]n1)c1ccccc1. The van der Waals surface area contributed by atoms with Gasteiger partial charge in [0.25, 0.3) is 5.56 Å². The topological polar surface area (TPSA) is 57.8 Å². The molecule has 0 saturated heterocycles. The summed E-state index contributed by atoms with van der Waals surface area (Å²) in [6, 6.07) is 13.3. The lowest BCUT2D eigenvalue weighted by Crippen LogP contribution is -2.12. The van der Waals surface area contributed by atoms with Crippen LogP contribution >= 0.6 is 0 Å². The van der Waals surface area contributed by atoms with Gasteiger partial charge in [-0.15, -0.1) is 0 Å². The van der Waals surface area contributed by atoms with Gasteiger partial charge in [0.05, 0.1) is 0 Å². The summed E-state index contributed by atoms with van der Waals surface area (Å²) in [7, 11) is 0. The summed E-state index contributed by atoms with van der Waals surface area (Å²) in [4.78, 5) is 10.8. The molecular formula is C12H13N3O. The van der Waals surface area contributed by atoms with Gasteiger partial charge in [0, 0.05) is 12.1 Å². The summed E-state index contributed by atoms with van der Waals surface area (Å²) in [6.07, 6.45) is 0. The molecule has 1 atom stereocenters. The fourth-order valence-electron chi connectivity index (χ4n) is 1.47. The van der Waals surface area contributed by atoms with Gasteiger partial charge in [-0.05, 0) is 18.6 Å². The van der Waals surface area contributed by atoms with Crippen LogP contribution in [0.5, 0.6) is 0 Å². The van der Waals surface area contributed by atoms with Crippen LogP contribution in [-0.4, -0.2) is 10.2 Å². The highest BCUT2D eigenvalue weighted by atomic mass is 16.1. The molecule has 2 rings (SSSR count). The zero-order chi connectivity index (χ0) is 11.4. The first kappa shape index (κ1) is 10.4. The Bertz CT molecular complexity index is 487. The van der Waals surface area contributed by atoms with Crippen LogP contribution in [0.3, 0.4) is 0 Å². The van der Waals surface area contributed by atoms with Gasteiger partial charge in [-0.2, -0.15) is 5.10 Å². The molecule has 1 aromatic carbocycles. The fraction of sp³-hybridized carbons (Fsp3) is 0.167. The van der Waals surface area contributed by atoms with Crippen molar-refractivity contribution in [3.8, 4) is 0 Å². The summed E-state index contributed by atoms with van der Waals surface area (Å²) >= 11 is 0. The molecule has 1 aromatic heterocycles. The van der Waals surface area contributed by atoms with E-state index in [4.69, 9.17) is 0 Å². The van der Waals surface area contributed by atoms with Gasteiger partial charge in [-0.1, -0.05) is 30.3 Å². The molecule has 0 bridgehead atoms. The molecule has 4 heteroatoms. The minimum atomic E-state index is -0.196. The molecule has 82 valence electrons. The van der Waals surface area contributed by atoms with Crippen molar-refractivity contribution in [3.05, 3.63) is 58.4 Å². The third kappa shape index (κ3) is 2.48. The van der Waals surface area contributed by atoms with E-state index < -0.39 is 0 Å². The van der Waals surface area contributed by atoms with Crippen LogP contribution in [-0.2, 0) is 0 Å². The molecule has 2 N–H and O–H groups in total. The van der Waals surface area contributed by atoms with E-state index in [9.17, 15) is 4.79 Å². The Balaban J connectivity index is 2.11. The number of hydrogen-bond donors (Lipinski definition) is 2. The minimum absolute atomic E-state index is 0.152. The molecule has 16 heavy (non-hydrogen) atoms. The van der Waals surface area contributed by atoms with Gasteiger partial charge in [0.15, 0.2) is 0 Å². The van der Waals surface area contributed by atoms with Crippen molar-refractivity contribution in [2.24, 2.45) is 0 Å². The van der Waals surface area contributed by atoms with E-state index in [1.54, 1.807) is 6.07 Å². The number of nitrogens with zero attached hydrogens (tertiary/aromatic N) is 1. The number of nitrogens with one attached hydrogen (secondary N) is 2. The highest BCUT2D eigenvalue weighted by Gasteiger charge is 2.04. The normalized spacial score (nSPS) is 12.1. The maximum absolute atomic E-state index is 10.8. The Morgan fingerprint density at radius 1 is 1.19 bits per heavy atom. The summed E-state index contributed by atoms with van der Waals surface area (Å²) in [5.41, 5.74) is 0.980.